The molecule has 1 fully saturated rings. The maximum atomic E-state index is 15.3. The Balaban J connectivity index is 1.20. The van der Waals surface area contributed by atoms with E-state index in [9.17, 15) is 9.59 Å². The second kappa shape index (κ2) is 14.1. The molecular weight excluding hydrogens is 583 g/mol. The lowest BCUT2D eigenvalue weighted by Crippen LogP contribution is -2.44. The predicted molar refractivity (Wildman–Crippen MR) is 170 cm³/mol. The standard InChI is InChI=1S/C33H37FN4O5S/c1-4-26(42-21(2)20-35-16-17-41-3)29-19-25-30(44-29)28(12-15-36-25)43-27-11-10-23(18-24(27)34)38-32(40)33(13-14-33)31(39)37-22-8-6-5-7-9-22/h4-9,11-12,15,18-19,21,23,35H,10,13-14,16-17,20H2,1-3H3,(H,37,39)(H,38,40)/b26-4-. The van der Waals surface area contributed by atoms with E-state index in [1.165, 1.54) is 17.4 Å². The van der Waals surface area contributed by atoms with E-state index in [-0.39, 0.29) is 17.8 Å². The molecule has 0 bridgehead atoms. The maximum absolute atomic E-state index is 15.3. The number of rotatable bonds is 14. The summed E-state index contributed by atoms with van der Waals surface area (Å²) in [6.45, 7) is 5.95. The van der Waals surface area contributed by atoms with E-state index in [1.54, 1.807) is 37.6 Å². The van der Waals surface area contributed by atoms with Gasteiger partial charge in [0.25, 0.3) is 0 Å². The number of hydrogen-bond donors (Lipinski definition) is 3. The first-order valence-electron chi connectivity index (χ1n) is 14.7. The number of nitrogens with one attached hydrogen (secondary N) is 3. The van der Waals surface area contributed by atoms with Gasteiger partial charge in [0.15, 0.2) is 11.6 Å². The number of allylic oxidation sites excluding steroid dienone is 2. The van der Waals surface area contributed by atoms with Crippen molar-refractivity contribution in [1.82, 2.24) is 15.6 Å². The third-order valence-electron chi connectivity index (χ3n) is 7.45. The van der Waals surface area contributed by atoms with Gasteiger partial charge in [-0.15, -0.1) is 11.3 Å². The van der Waals surface area contributed by atoms with Crippen LogP contribution in [0.3, 0.4) is 0 Å². The van der Waals surface area contributed by atoms with Crippen LogP contribution < -0.4 is 20.7 Å². The Morgan fingerprint density at radius 3 is 2.70 bits per heavy atom. The molecule has 3 N–H and O–H groups in total. The van der Waals surface area contributed by atoms with Crippen LogP contribution in [0.5, 0.6) is 5.75 Å². The smallest absolute Gasteiger partial charge is 0.240 e. The molecule has 0 aliphatic heterocycles. The number of thiophene rings is 1. The van der Waals surface area contributed by atoms with Gasteiger partial charge in [0, 0.05) is 38.1 Å². The largest absolute Gasteiger partial charge is 0.488 e. The zero-order chi connectivity index (χ0) is 31.1. The molecule has 3 aromatic rings. The number of fused-ring (bicyclic) bond motifs is 1. The van der Waals surface area contributed by atoms with Crippen LogP contribution in [-0.2, 0) is 19.1 Å². The topological polar surface area (TPSA) is 111 Å². The number of carbonyl (C=O) groups is 2. The van der Waals surface area contributed by atoms with Crippen LogP contribution in [0.4, 0.5) is 10.1 Å². The Hall–Kier alpha value is -4.06. The summed E-state index contributed by atoms with van der Waals surface area (Å²) < 4.78 is 33.3. The average Bonchev–Trinajstić information content (AvgIpc) is 3.73. The van der Waals surface area contributed by atoms with Gasteiger partial charge in [0.05, 0.1) is 27.7 Å². The van der Waals surface area contributed by atoms with Gasteiger partial charge >= 0.3 is 0 Å². The Morgan fingerprint density at radius 1 is 1.20 bits per heavy atom. The molecule has 9 nitrogen and oxygen atoms in total. The minimum atomic E-state index is -1.13. The van der Waals surface area contributed by atoms with Crippen molar-refractivity contribution in [2.45, 2.75) is 45.3 Å². The van der Waals surface area contributed by atoms with Crippen molar-refractivity contribution >= 4 is 44.8 Å². The zero-order valence-electron chi connectivity index (χ0n) is 25.0. The molecule has 5 rings (SSSR count). The Kier molecular flexibility index (Phi) is 10.1. The number of ether oxygens (including phenoxy) is 3. The molecule has 2 aliphatic rings. The van der Waals surface area contributed by atoms with Crippen molar-refractivity contribution in [3.63, 3.8) is 0 Å². The van der Waals surface area contributed by atoms with Crippen LogP contribution in [0.2, 0.25) is 0 Å². The van der Waals surface area contributed by atoms with Crippen LogP contribution in [0, 0.1) is 5.41 Å². The lowest BCUT2D eigenvalue weighted by molar-refractivity contribution is -0.134. The van der Waals surface area contributed by atoms with Gasteiger partial charge < -0.3 is 30.2 Å². The summed E-state index contributed by atoms with van der Waals surface area (Å²) in [6.07, 6.45) is 7.62. The number of nitrogens with zero attached hydrogens (tertiary/aromatic N) is 1. The molecule has 11 heteroatoms. The summed E-state index contributed by atoms with van der Waals surface area (Å²) in [5.74, 6) is -0.0666. The summed E-state index contributed by atoms with van der Waals surface area (Å²) in [4.78, 5) is 31.3. The third-order valence-corrected chi connectivity index (χ3v) is 8.60. The molecule has 232 valence electrons. The monoisotopic (exact) mass is 620 g/mol. The highest BCUT2D eigenvalue weighted by molar-refractivity contribution is 7.20. The van der Waals surface area contributed by atoms with Gasteiger partial charge in [-0.05, 0) is 69.5 Å². The fraction of sp³-hybridized carbons (Fsp3) is 0.364. The molecular formula is C33H37FN4O5S. The number of methoxy groups -OCH3 is 1. The van der Waals surface area contributed by atoms with Crippen molar-refractivity contribution in [3.8, 4) is 5.75 Å². The van der Waals surface area contributed by atoms with Gasteiger partial charge in [0.2, 0.25) is 11.8 Å². The average molecular weight is 621 g/mol. The van der Waals surface area contributed by atoms with E-state index in [0.29, 0.717) is 49.4 Å². The van der Waals surface area contributed by atoms with Gasteiger partial charge in [-0.3, -0.25) is 14.6 Å². The van der Waals surface area contributed by atoms with Gasteiger partial charge in [-0.1, -0.05) is 18.2 Å². The van der Waals surface area contributed by atoms with Crippen LogP contribution in [-0.4, -0.2) is 55.8 Å². The van der Waals surface area contributed by atoms with E-state index in [4.69, 9.17) is 14.2 Å². The van der Waals surface area contributed by atoms with E-state index >= 15 is 4.39 Å². The van der Waals surface area contributed by atoms with Crippen molar-refractivity contribution in [3.05, 3.63) is 83.4 Å². The summed E-state index contributed by atoms with van der Waals surface area (Å²) >= 11 is 1.46. The predicted octanol–water partition coefficient (Wildman–Crippen LogP) is 5.72. The molecule has 2 atom stereocenters. The number of hydrogen-bond acceptors (Lipinski definition) is 8. The molecule has 0 radical (unpaired) electrons. The lowest BCUT2D eigenvalue weighted by atomic mass is 10.0. The molecule has 44 heavy (non-hydrogen) atoms. The summed E-state index contributed by atoms with van der Waals surface area (Å²) in [7, 11) is 1.67. The van der Waals surface area contributed by atoms with Crippen LogP contribution in [0.25, 0.3) is 16.0 Å². The first-order chi connectivity index (χ1) is 21.3. The molecule has 1 aromatic carbocycles. The molecule has 0 spiro atoms. The fourth-order valence-electron chi connectivity index (χ4n) is 4.85. The van der Waals surface area contributed by atoms with Gasteiger partial charge in [-0.2, -0.15) is 0 Å². The Morgan fingerprint density at radius 2 is 2.00 bits per heavy atom. The van der Waals surface area contributed by atoms with E-state index in [2.05, 4.69) is 20.9 Å². The summed E-state index contributed by atoms with van der Waals surface area (Å²) in [6, 6.07) is 12.0. The minimum absolute atomic E-state index is 0.0687. The number of anilines is 1. The zero-order valence-corrected chi connectivity index (χ0v) is 25.8. The number of carbonyl (C=O) groups excluding carboxylic acids is 2. The maximum Gasteiger partial charge on any atom is 0.240 e. The number of benzene rings is 1. The molecule has 2 heterocycles. The van der Waals surface area contributed by atoms with Gasteiger partial charge in [-0.25, -0.2) is 4.39 Å². The number of amides is 2. The van der Waals surface area contributed by atoms with Crippen LogP contribution in [0.1, 0.15) is 38.0 Å². The molecule has 0 saturated heterocycles. The quantitative estimate of drug-likeness (QED) is 0.120. The van der Waals surface area contributed by atoms with Gasteiger partial charge in [0.1, 0.15) is 23.0 Å². The lowest BCUT2D eigenvalue weighted by Gasteiger charge is -2.22. The Bertz CT molecular complexity index is 1580. The van der Waals surface area contributed by atoms with E-state index < -0.39 is 23.2 Å². The van der Waals surface area contributed by atoms with Crippen molar-refractivity contribution < 1.29 is 28.2 Å². The fourth-order valence-corrected chi connectivity index (χ4v) is 5.94. The first-order valence-corrected chi connectivity index (χ1v) is 15.5. The number of halogens is 1. The first kappa shape index (κ1) is 31.4. The SMILES string of the molecule is C/C=C(\OC(C)CNCCOC)c1cc2nccc(OC3=CCC(NC(=O)C4(C(=O)Nc5ccccc5)CC4)C=C3F)c2s1. The molecule has 2 unspecified atom stereocenters. The van der Waals surface area contributed by atoms with E-state index in [0.717, 1.165) is 21.9 Å². The number of pyridine rings is 1. The summed E-state index contributed by atoms with van der Waals surface area (Å²) in [5.41, 5.74) is 0.211. The van der Waals surface area contributed by atoms with Crippen LogP contribution in [0.15, 0.2) is 78.5 Å². The molecule has 2 aromatic heterocycles. The minimum Gasteiger partial charge on any atom is -0.488 e. The van der Waals surface area contributed by atoms with Crippen molar-refractivity contribution in [2.75, 3.05) is 32.1 Å². The highest BCUT2D eigenvalue weighted by Gasteiger charge is 2.56. The highest BCUT2D eigenvalue weighted by Crippen LogP contribution is 2.47. The molecule has 1 saturated carbocycles. The van der Waals surface area contributed by atoms with E-state index in [1.807, 2.05) is 44.2 Å². The normalized spacial score (nSPS) is 18.2. The Labute approximate surface area is 260 Å². The second-order valence-electron chi connectivity index (χ2n) is 10.8. The van der Waals surface area contributed by atoms with Crippen LogP contribution >= 0.6 is 11.3 Å². The van der Waals surface area contributed by atoms with Crippen molar-refractivity contribution in [2.24, 2.45) is 5.41 Å². The molecule has 2 aliphatic carbocycles. The third kappa shape index (κ3) is 7.35. The molecule has 2 amide bonds. The number of aromatic nitrogens is 1. The van der Waals surface area contributed by atoms with Crippen molar-refractivity contribution in [1.29, 1.82) is 0 Å². The number of para-hydroxylation sites is 1. The highest BCUT2D eigenvalue weighted by atomic mass is 32.1. The summed E-state index contributed by atoms with van der Waals surface area (Å²) in [5, 5.41) is 8.94. The second-order valence-corrected chi connectivity index (χ2v) is 11.9.